The average molecular weight is 273 g/mol. The Morgan fingerprint density at radius 1 is 1.15 bits per heavy atom. The Morgan fingerprint density at radius 2 is 1.90 bits per heavy atom. The van der Waals surface area contributed by atoms with Crippen LogP contribution in [0, 0.1) is 5.82 Å². The molecule has 0 unspecified atom stereocenters. The SMILES string of the molecule is CC(C)Oc1cccc(C(=O)Nc2cccc(F)c2)c1. The lowest BCUT2D eigenvalue weighted by atomic mass is 10.2. The maximum absolute atomic E-state index is 13.1. The highest BCUT2D eigenvalue weighted by atomic mass is 19.1. The number of halogens is 1. The molecule has 0 aliphatic rings. The van der Waals surface area contributed by atoms with Crippen LogP contribution >= 0.6 is 0 Å². The Balaban J connectivity index is 2.13. The lowest BCUT2D eigenvalue weighted by Crippen LogP contribution is -2.12. The van der Waals surface area contributed by atoms with Gasteiger partial charge in [0.25, 0.3) is 5.91 Å². The summed E-state index contributed by atoms with van der Waals surface area (Å²) < 4.78 is 18.6. The molecule has 0 aliphatic heterocycles. The van der Waals surface area contributed by atoms with E-state index in [9.17, 15) is 9.18 Å². The number of benzene rings is 2. The van der Waals surface area contributed by atoms with E-state index in [4.69, 9.17) is 4.74 Å². The van der Waals surface area contributed by atoms with Crippen LogP contribution in [0.3, 0.4) is 0 Å². The zero-order valence-electron chi connectivity index (χ0n) is 11.4. The molecule has 0 heterocycles. The minimum absolute atomic E-state index is 0.0385. The Hall–Kier alpha value is -2.36. The van der Waals surface area contributed by atoms with E-state index >= 15 is 0 Å². The zero-order valence-corrected chi connectivity index (χ0v) is 11.4. The lowest BCUT2D eigenvalue weighted by Gasteiger charge is -2.11. The van der Waals surface area contributed by atoms with Crippen molar-refractivity contribution in [2.75, 3.05) is 5.32 Å². The maximum Gasteiger partial charge on any atom is 0.255 e. The molecule has 0 saturated carbocycles. The van der Waals surface area contributed by atoms with Gasteiger partial charge in [-0.05, 0) is 50.2 Å². The molecule has 0 aromatic heterocycles. The molecule has 1 amide bonds. The molecule has 0 aliphatic carbocycles. The molecule has 0 saturated heterocycles. The second-order valence-electron chi connectivity index (χ2n) is 4.66. The highest BCUT2D eigenvalue weighted by molar-refractivity contribution is 6.04. The van der Waals surface area contributed by atoms with Crippen molar-refractivity contribution < 1.29 is 13.9 Å². The van der Waals surface area contributed by atoms with Gasteiger partial charge in [0.05, 0.1) is 6.10 Å². The van der Waals surface area contributed by atoms with Gasteiger partial charge in [0.15, 0.2) is 0 Å². The first-order chi connectivity index (χ1) is 9.54. The van der Waals surface area contributed by atoms with Gasteiger partial charge in [-0.3, -0.25) is 4.79 Å². The van der Waals surface area contributed by atoms with Crippen molar-refractivity contribution in [2.24, 2.45) is 0 Å². The normalized spacial score (nSPS) is 10.4. The monoisotopic (exact) mass is 273 g/mol. The minimum Gasteiger partial charge on any atom is -0.491 e. The Kier molecular flexibility index (Phi) is 4.35. The summed E-state index contributed by atoms with van der Waals surface area (Å²) in [6.07, 6.45) is 0.0385. The Bertz CT molecular complexity index is 611. The minimum atomic E-state index is -0.389. The molecule has 0 fully saturated rings. The maximum atomic E-state index is 13.1. The number of rotatable bonds is 4. The lowest BCUT2D eigenvalue weighted by molar-refractivity contribution is 0.102. The fraction of sp³-hybridized carbons (Fsp3) is 0.188. The third kappa shape index (κ3) is 3.82. The van der Waals surface area contributed by atoms with Crippen LogP contribution in [0.1, 0.15) is 24.2 Å². The second kappa shape index (κ2) is 6.19. The highest BCUT2D eigenvalue weighted by Gasteiger charge is 2.08. The number of anilines is 1. The molecule has 1 N–H and O–H groups in total. The average Bonchev–Trinajstić information content (AvgIpc) is 2.38. The van der Waals surface area contributed by atoms with Crippen LogP contribution < -0.4 is 10.1 Å². The van der Waals surface area contributed by atoms with E-state index in [1.165, 1.54) is 12.1 Å². The molecule has 0 bridgehead atoms. The topological polar surface area (TPSA) is 38.3 Å². The van der Waals surface area contributed by atoms with Crippen LogP contribution in [0.15, 0.2) is 48.5 Å². The summed E-state index contributed by atoms with van der Waals surface area (Å²) in [5.41, 5.74) is 0.887. The van der Waals surface area contributed by atoms with Gasteiger partial charge in [0.1, 0.15) is 11.6 Å². The largest absolute Gasteiger partial charge is 0.491 e. The van der Waals surface area contributed by atoms with Crippen molar-refractivity contribution in [1.82, 2.24) is 0 Å². The first kappa shape index (κ1) is 14.1. The van der Waals surface area contributed by atoms with Crippen LogP contribution in [0.5, 0.6) is 5.75 Å². The van der Waals surface area contributed by atoms with Gasteiger partial charge in [0.2, 0.25) is 0 Å². The summed E-state index contributed by atoms with van der Waals surface area (Å²) in [7, 11) is 0. The summed E-state index contributed by atoms with van der Waals surface area (Å²) >= 11 is 0. The smallest absolute Gasteiger partial charge is 0.255 e. The molecule has 4 heteroatoms. The van der Waals surface area contributed by atoms with Gasteiger partial charge in [-0.25, -0.2) is 4.39 Å². The Morgan fingerprint density at radius 3 is 2.60 bits per heavy atom. The van der Waals surface area contributed by atoms with Crippen LogP contribution in [0.4, 0.5) is 10.1 Å². The Labute approximate surface area is 117 Å². The fourth-order valence-electron chi connectivity index (χ4n) is 1.75. The molecule has 0 radical (unpaired) electrons. The predicted octanol–water partition coefficient (Wildman–Crippen LogP) is 3.87. The van der Waals surface area contributed by atoms with E-state index < -0.39 is 0 Å². The number of amides is 1. The fourth-order valence-corrected chi connectivity index (χ4v) is 1.75. The summed E-state index contributed by atoms with van der Waals surface area (Å²) in [4.78, 5) is 12.1. The summed E-state index contributed by atoms with van der Waals surface area (Å²) in [5.74, 6) is -0.0589. The van der Waals surface area contributed by atoms with Crippen LogP contribution in [0.25, 0.3) is 0 Å². The van der Waals surface area contributed by atoms with Gasteiger partial charge < -0.3 is 10.1 Å². The highest BCUT2D eigenvalue weighted by Crippen LogP contribution is 2.17. The third-order valence-electron chi connectivity index (χ3n) is 2.55. The first-order valence-corrected chi connectivity index (χ1v) is 6.38. The van der Waals surface area contributed by atoms with Crippen molar-refractivity contribution in [1.29, 1.82) is 0 Å². The van der Waals surface area contributed by atoms with Crippen molar-refractivity contribution in [3.63, 3.8) is 0 Å². The molecule has 2 rings (SSSR count). The zero-order chi connectivity index (χ0) is 14.5. The van der Waals surface area contributed by atoms with Crippen molar-refractivity contribution in [3.05, 3.63) is 59.9 Å². The van der Waals surface area contributed by atoms with Gasteiger partial charge >= 0.3 is 0 Å². The van der Waals surface area contributed by atoms with E-state index in [0.717, 1.165) is 0 Å². The molecule has 20 heavy (non-hydrogen) atoms. The number of carbonyl (C=O) groups is 1. The number of nitrogens with one attached hydrogen (secondary N) is 1. The summed E-state index contributed by atoms with van der Waals surface area (Å²) in [6, 6.07) is 12.7. The summed E-state index contributed by atoms with van der Waals surface area (Å²) in [5, 5.41) is 2.65. The van der Waals surface area contributed by atoms with E-state index in [1.807, 2.05) is 13.8 Å². The molecular formula is C16H16FNO2. The number of carbonyl (C=O) groups excluding carboxylic acids is 1. The quantitative estimate of drug-likeness (QED) is 0.918. The second-order valence-corrected chi connectivity index (χ2v) is 4.66. The van der Waals surface area contributed by atoms with Crippen LogP contribution in [-0.2, 0) is 0 Å². The summed E-state index contributed by atoms with van der Waals surface area (Å²) in [6.45, 7) is 3.83. The van der Waals surface area contributed by atoms with Crippen LogP contribution in [0.2, 0.25) is 0 Å². The molecule has 2 aromatic rings. The molecule has 0 spiro atoms. The molecule has 104 valence electrons. The standard InChI is InChI=1S/C16H16FNO2/c1-11(2)20-15-8-3-5-12(9-15)16(19)18-14-7-4-6-13(17)10-14/h3-11H,1-2H3,(H,18,19). The van der Waals surface area contributed by atoms with Crippen LogP contribution in [-0.4, -0.2) is 12.0 Å². The number of ether oxygens (including phenoxy) is 1. The van der Waals surface area contributed by atoms with Gasteiger partial charge in [-0.15, -0.1) is 0 Å². The number of hydrogen-bond donors (Lipinski definition) is 1. The van der Waals surface area contributed by atoms with Crippen molar-refractivity contribution in [2.45, 2.75) is 20.0 Å². The third-order valence-corrected chi connectivity index (χ3v) is 2.55. The van der Waals surface area contributed by atoms with Crippen molar-refractivity contribution in [3.8, 4) is 5.75 Å². The molecule has 2 aromatic carbocycles. The van der Waals surface area contributed by atoms with E-state index in [2.05, 4.69) is 5.32 Å². The number of hydrogen-bond acceptors (Lipinski definition) is 2. The van der Waals surface area contributed by atoms with Gasteiger partial charge in [-0.1, -0.05) is 12.1 Å². The molecule has 0 atom stereocenters. The van der Waals surface area contributed by atoms with E-state index in [0.29, 0.717) is 17.0 Å². The van der Waals surface area contributed by atoms with E-state index in [-0.39, 0.29) is 17.8 Å². The molecular weight excluding hydrogens is 257 g/mol. The van der Waals surface area contributed by atoms with Gasteiger partial charge in [0, 0.05) is 11.3 Å². The van der Waals surface area contributed by atoms with Crippen molar-refractivity contribution >= 4 is 11.6 Å². The first-order valence-electron chi connectivity index (χ1n) is 6.38. The van der Waals surface area contributed by atoms with E-state index in [1.54, 1.807) is 36.4 Å². The molecule has 3 nitrogen and oxygen atoms in total. The predicted molar refractivity (Wildman–Crippen MR) is 76.6 cm³/mol. The van der Waals surface area contributed by atoms with Gasteiger partial charge in [-0.2, -0.15) is 0 Å².